The average Bonchev–Trinajstić information content (AvgIpc) is 2.44. The summed E-state index contributed by atoms with van der Waals surface area (Å²) in [5, 5.41) is 9.22. The van der Waals surface area contributed by atoms with Gasteiger partial charge in [0.15, 0.2) is 0 Å². The van der Waals surface area contributed by atoms with Crippen molar-refractivity contribution in [2.45, 2.75) is 52.9 Å². The second-order valence-electron chi connectivity index (χ2n) is 6.11. The summed E-state index contributed by atoms with van der Waals surface area (Å²) in [6.07, 6.45) is 3.37. The Morgan fingerprint density at radius 3 is 2.11 bits per heavy atom. The van der Waals surface area contributed by atoms with Gasteiger partial charge in [0.1, 0.15) is 0 Å². The van der Waals surface area contributed by atoms with E-state index in [-0.39, 0.29) is 0 Å². The standard InChI is InChI=1S/C18H30O/c1-5-14(2)16(4)13-18(15(3)11-12-19)17-9-7-6-8-10-17/h6-10,14-16,18-19H,5,11-13H2,1-4H3. The van der Waals surface area contributed by atoms with E-state index >= 15 is 0 Å². The van der Waals surface area contributed by atoms with Gasteiger partial charge in [0.2, 0.25) is 0 Å². The molecule has 0 radical (unpaired) electrons. The van der Waals surface area contributed by atoms with Gasteiger partial charge in [-0.25, -0.2) is 0 Å². The zero-order chi connectivity index (χ0) is 14.3. The molecule has 0 aliphatic rings. The zero-order valence-corrected chi connectivity index (χ0v) is 13.0. The number of aliphatic hydroxyl groups excluding tert-OH is 1. The van der Waals surface area contributed by atoms with Gasteiger partial charge in [-0.1, -0.05) is 64.4 Å². The maximum Gasteiger partial charge on any atom is 0.0433 e. The Hall–Kier alpha value is -0.820. The van der Waals surface area contributed by atoms with Crippen LogP contribution in [0.4, 0.5) is 0 Å². The second kappa shape index (κ2) is 8.37. The van der Waals surface area contributed by atoms with E-state index in [1.54, 1.807) is 0 Å². The molecule has 1 aromatic rings. The molecule has 0 heterocycles. The lowest BCUT2D eigenvalue weighted by atomic mass is 9.76. The van der Waals surface area contributed by atoms with Gasteiger partial charge in [-0.05, 0) is 42.1 Å². The molecule has 1 heteroatoms. The van der Waals surface area contributed by atoms with Gasteiger partial charge in [0.05, 0.1) is 0 Å². The monoisotopic (exact) mass is 262 g/mol. The van der Waals surface area contributed by atoms with Gasteiger partial charge >= 0.3 is 0 Å². The van der Waals surface area contributed by atoms with E-state index in [1.165, 1.54) is 18.4 Å². The van der Waals surface area contributed by atoms with Crippen LogP contribution in [0, 0.1) is 17.8 Å². The first kappa shape index (κ1) is 16.2. The third-order valence-corrected chi connectivity index (χ3v) is 4.74. The molecule has 1 nitrogen and oxygen atoms in total. The summed E-state index contributed by atoms with van der Waals surface area (Å²) in [6, 6.07) is 10.8. The minimum absolute atomic E-state index is 0.294. The van der Waals surface area contributed by atoms with E-state index in [0.717, 1.165) is 18.3 Å². The summed E-state index contributed by atoms with van der Waals surface area (Å²) in [6.45, 7) is 9.56. The van der Waals surface area contributed by atoms with E-state index in [1.807, 2.05) is 0 Å². The summed E-state index contributed by atoms with van der Waals surface area (Å²) in [5.74, 6) is 2.61. The lowest BCUT2D eigenvalue weighted by Gasteiger charge is -2.29. The van der Waals surface area contributed by atoms with E-state index in [0.29, 0.717) is 18.4 Å². The largest absolute Gasteiger partial charge is 0.396 e. The van der Waals surface area contributed by atoms with Crippen LogP contribution in [0.1, 0.15) is 58.4 Å². The molecule has 0 aromatic heterocycles. The van der Waals surface area contributed by atoms with E-state index in [4.69, 9.17) is 0 Å². The van der Waals surface area contributed by atoms with Crippen LogP contribution in [0.15, 0.2) is 30.3 Å². The lowest BCUT2D eigenvalue weighted by Crippen LogP contribution is -2.18. The van der Waals surface area contributed by atoms with Crippen LogP contribution in [0.5, 0.6) is 0 Å². The maximum absolute atomic E-state index is 9.22. The molecule has 0 bridgehead atoms. The van der Waals surface area contributed by atoms with Crippen LogP contribution in [0.3, 0.4) is 0 Å². The summed E-state index contributed by atoms with van der Waals surface area (Å²) in [7, 11) is 0. The topological polar surface area (TPSA) is 20.2 Å². The number of rotatable bonds is 8. The molecule has 1 rings (SSSR count). The minimum Gasteiger partial charge on any atom is -0.396 e. The molecule has 0 aliphatic carbocycles. The van der Waals surface area contributed by atoms with Gasteiger partial charge in [-0.15, -0.1) is 0 Å². The fourth-order valence-electron chi connectivity index (χ4n) is 2.84. The average molecular weight is 262 g/mol. The molecule has 19 heavy (non-hydrogen) atoms. The summed E-state index contributed by atoms with van der Waals surface area (Å²) in [5.41, 5.74) is 1.43. The molecule has 1 aromatic carbocycles. The third-order valence-electron chi connectivity index (χ3n) is 4.74. The predicted molar refractivity (Wildman–Crippen MR) is 83.3 cm³/mol. The highest BCUT2D eigenvalue weighted by Gasteiger charge is 2.23. The Morgan fingerprint density at radius 1 is 0.947 bits per heavy atom. The van der Waals surface area contributed by atoms with Crippen LogP contribution in [-0.2, 0) is 0 Å². The molecule has 0 saturated heterocycles. The summed E-state index contributed by atoms with van der Waals surface area (Å²) in [4.78, 5) is 0. The minimum atomic E-state index is 0.294. The van der Waals surface area contributed by atoms with E-state index in [9.17, 15) is 5.11 Å². The Morgan fingerprint density at radius 2 is 1.58 bits per heavy atom. The second-order valence-corrected chi connectivity index (χ2v) is 6.11. The Kier molecular flexibility index (Phi) is 7.15. The van der Waals surface area contributed by atoms with Crippen molar-refractivity contribution in [2.75, 3.05) is 6.61 Å². The van der Waals surface area contributed by atoms with E-state index < -0.39 is 0 Å². The normalized spacial score (nSPS) is 17.7. The molecule has 0 amide bonds. The molecule has 0 spiro atoms. The van der Waals surface area contributed by atoms with Gasteiger partial charge in [-0.3, -0.25) is 0 Å². The fraction of sp³-hybridized carbons (Fsp3) is 0.667. The molecular weight excluding hydrogens is 232 g/mol. The predicted octanol–water partition coefficient (Wildman–Crippen LogP) is 4.86. The molecule has 0 saturated carbocycles. The molecule has 0 fully saturated rings. The number of hydrogen-bond donors (Lipinski definition) is 1. The van der Waals surface area contributed by atoms with Crippen molar-refractivity contribution in [2.24, 2.45) is 17.8 Å². The van der Waals surface area contributed by atoms with Crippen molar-refractivity contribution in [3.63, 3.8) is 0 Å². The van der Waals surface area contributed by atoms with Crippen molar-refractivity contribution in [1.29, 1.82) is 0 Å². The molecular formula is C18H30O. The van der Waals surface area contributed by atoms with Gasteiger partial charge in [-0.2, -0.15) is 0 Å². The molecule has 1 N–H and O–H groups in total. The maximum atomic E-state index is 9.22. The third kappa shape index (κ3) is 4.99. The quantitative estimate of drug-likeness (QED) is 0.709. The van der Waals surface area contributed by atoms with Gasteiger partial charge < -0.3 is 5.11 Å². The summed E-state index contributed by atoms with van der Waals surface area (Å²) < 4.78 is 0. The number of hydrogen-bond acceptors (Lipinski definition) is 1. The number of benzene rings is 1. The van der Waals surface area contributed by atoms with Gasteiger partial charge in [0.25, 0.3) is 0 Å². The SMILES string of the molecule is CCC(C)C(C)CC(c1ccccc1)C(C)CCO. The van der Waals surface area contributed by atoms with E-state index in [2.05, 4.69) is 58.0 Å². The lowest BCUT2D eigenvalue weighted by molar-refractivity contribution is 0.229. The molecule has 4 unspecified atom stereocenters. The highest BCUT2D eigenvalue weighted by molar-refractivity contribution is 5.20. The Labute approximate surface area is 119 Å². The smallest absolute Gasteiger partial charge is 0.0433 e. The Bertz CT molecular complexity index is 333. The van der Waals surface area contributed by atoms with Crippen molar-refractivity contribution in [3.8, 4) is 0 Å². The first-order valence-electron chi connectivity index (χ1n) is 7.75. The van der Waals surface area contributed by atoms with Crippen molar-refractivity contribution >= 4 is 0 Å². The first-order valence-corrected chi connectivity index (χ1v) is 7.75. The highest BCUT2D eigenvalue weighted by Crippen LogP contribution is 2.35. The highest BCUT2D eigenvalue weighted by atomic mass is 16.3. The summed E-state index contributed by atoms with van der Waals surface area (Å²) >= 11 is 0. The van der Waals surface area contributed by atoms with Crippen LogP contribution in [0.2, 0.25) is 0 Å². The van der Waals surface area contributed by atoms with Crippen molar-refractivity contribution < 1.29 is 5.11 Å². The zero-order valence-electron chi connectivity index (χ0n) is 13.0. The Balaban J connectivity index is 2.81. The molecule has 108 valence electrons. The number of aliphatic hydroxyl groups is 1. The first-order chi connectivity index (χ1) is 9.10. The fourth-order valence-corrected chi connectivity index (χ4v) is 2.84. The van der Waals surface area contributed by atoms with Gasteiger partial charge in [0, 0.05) is 6.61 Å². The van der Waals surface area contributed by atoms with Crippen molar-refractivity contribution in [3.05, 3.63) is 35.9 Å². The van der Waals surface area contributed by atoms with Crippen LogP contribution in [0.25, 0.3) is 0 Å². The van der Waals surface area contributed by atoms with Crippen molar-refractivity contribution in [1.82, 2.24) is 0 Å². The van der Waals surface area contributed by atoms with Crippen LogP contribution in [-0.4, -0.2) is 11.7 Å². The molecule has 4 atom stereocenters. The van der Waals surface area contributed by atoms with Crippen LogP contribution >= 0.6 is 0 Å². The van der Waals surface area contributed by atoms with Crippen LogP contribution < -0.4 is 0 Å². The molecule has 0 aliphatic heterocycles.